The zero-order valence-corrected chi connectivity index (χ0v) is 6.85. The first-order valence-corrected chi connectivity index (χ1v) is 3.90. The van der Waals surface area contributed by atoms with E-state index in [4.69, 9.17) is 0 Å². The Morgan fingerprint density at radius 2 is 2.20 bits per heavy atom. The Balaban J connectivity index is 2.42. The Morgan fingerprint density at radius 3 is 2.30 bits per heavy atom. The third-order valence-electron chi connectivity index (χ3n) is 2.10. The van der Waals surface area contributed by atoms with Gasteiger partial charge in [-0.2, -0.15) is 0 Å². The molecule has 0 saturated carbocycles. The summed E-state index contributed by atoms with van der Waals surface area (Å²) < 4.78 is 0. The average Bonchev–Trinajstić information content (AvgIpc) is 1.84. The molecule has 1 aliphatic heterocycles. The molecule has 1 heterocycles. The fraction of sp³-hybridized carbons (Fsp3) is 0.875. The number of carbonyl (C=O) groups excluding carboxylic acids is 1. The van der Waals surface area contributed by atoms with E-state index in [0.29, 0.717) is 11.7 Å². The minimum absolute atomic E-state index is 0.153. The Hall–Kier alpha value is -0.370. The highest BCUT2D eigenvalue weighted by molar-refractivity contribution is 5.86. The molecular weight excluding hydrogens is 126 g/mol. The SMILES string of the molecule is CC(C)C(=O)[C@H]1NC[C@H]1C. The highest BCUT2D eigenvalue weighted by Crippen LogP contribution is 2.15. The summed E-state index contributed by atoms with van der Waals surface area (Å²) in [6, 6.07) is 0.153. The molecule has 1 rings (SSSR count). The second kappa shape index (κ2) is 2.70. The summed E-state index contributed by atoms with van der Waals surface area (Å²) in [4.78, 5) is 11.3. The van der Waals surface area contributed by atoms with Crippen LogP contribution in [0.4, 0.5) is 0 Å². The summed E-state index contributed by atoms with van der Waals surface area (Å²) in [5.41, 5.74) is 0. The monoisotopic (exact) mass is 141 g/mol. The van der Waals surface area contributed by atoms with Crippen LogP contribution in [0.5, 0.6) is 0 Å². The van der Waals surface area contributed by atoms with Crippen LogP contribution in [0.3, 0.4) is 0 Å². The Bertz CT molecular complexity index is 142. The van der Waals surface area contributed by atoms with Gasteiger partial charge in [-0.05, 0) is 5.92 Å². The van der Waals surface area contributed by atoms with Gasteiger partial charge in [-0.15, -0.1) is 0 Å². The number of Topliss-reactive ketones (excluding diaryl/α,β-unsaturated/α-hetero) is 1. The van der Waals surface area contributed by atoms with Crippen LogP contribution < -0.4 is 5.32 Å². The third-order valence-corrected chi connectivity index (χ3v) is 2.10. The Morgan fingerprint density at radius 1 is 1.60 bits per heavy atom. The van der Waals surface area contributed by atoms with Crippen LogP contribution in [0.15, 0.2) is 0 Å². The molecule has 1 saturated heterocycles. The lowest BCUT2D eigenvalue weighted by Crippen LogP contribution is -2.57. The van der Waals surface area contributed by atoms with E-state index in [9.17, 15) is 4.79 Å². The van der Waals surface area contributed by atoms with E-state index in [1.54, 1.807) is 0 Å². The summed E-state index contributed by atoms with van der Waals surface area (Å²) in [6.07, 6.45) is 0. The van der Waals surface area contributed by atoms with E-state index in [1.165, 1.54) is 0 Å². The van der Waals surface area contributed by atoms with Crippen LogP contribution in [0.1, 0.15) is 20.8 Å². The molecule has 1 aliphatic rings. The van der Waals surface area contributed by atoms with Crippen molar-refractivity contribution in [3.63, 3.8) is 0 Å². The molecule has 0 aromatic rings. The van der Waals surface area contributed by atoms with Gasteiger partial charge in [-0.1, -0.05) is 20.8 Å². The number of hydrogen-bond acceptors (Lipinski definition) is 2. The average molecular weight is 141 g/mol. The molecule has 58 valence electrons. The van der Waals surface area contributed by atoms with Gasteiger partial charge in [-0.3, -0.25) is 4.79 Å². The van der Waals surface area contributed by atoms with E-state index in [-0.39, 0.29) is 12.0 Å². The molecule has 0 aliphatic carbocycles. The van der Waals surface area contributed by atoms with E-state index >= 15 is 0 Å². The highest BCUT2D eigenvalue weighted by atomic mass is 16.1. The maximum Gasteiger partial charge on any atom is 0.152 e. The lowest BCUT2D eigenvalue weighted by Gasteiger charge is -2.35. The van der Waals surface area contributed by atoms with Gasteiger partial charge in [0.1, 0.15) is 0 Å². The Kier molecular flexibility index (Phi) is 2.09. The summed E-state index contributed by atoms with van der Waals surface area (Å²) >= 11 is 0. The van der Waals surface area contributed by atoms with Gasteiger partial charge in [0.15, 0.2) is 5.78 Å². The fourth-order valence-corrected chi connectivity index (χ4v) is 1.21. The van der Waals surface area contributed by atoms with Crippen molar-refractivity contribution in [3.05, 3.63) is 0 Å². The van der Waals surface area contributed by atoms with E-state index in [1.807, 2.05) is 13.8 Å². The largest absolute Gasteiger partial charge is 0.307 e. The van der Waals surface area contributed by atoms with Crippen LogP contribution in [0.25, 0.3) is 0 Å². The maximum absolute atomic E-state index is 11.3. The van der Waals surface area contributed by atoms with Crippen LogP contribution in [0, 0.1) is 11.8 Å². The van der Waals surface area contributed by atoms with Gasteiger partial charge in [0.25, 0.3) is 0 Å². The summed E-state index contributed by atoms with van der Waals surface area (Å²) in [5, 5.41) is 3.13. The molecule has 2 heteroatoms. The second-order valence-corrected chi connectivity index (χ2v) is 3.42. The zero-order valence-electron chi connectivity index (χ0n) is 6.85. The lowest BCUT2D eigenvalue weighted by atomic mass is 9.86. The van der Waals surface area contributed by atoms with Gasteiger partial charge in [0.05, 0.1) is 6.04 Å². The predicted octanol–water partition coefficient (Wildman–Crippen LogP) is 0.819. The first-order chi connectivity index (χ1) is 4.63. The van der Waals surface area contributed by atoms with Crippen molar-refractivity contribution >= 4 is 5.78 Å². The first kappa shape index (κ1) is 7.73. The molecule has 0 spiro atoms. The predicted molar refractivity (Wildman–Crippen MR) is 40.8 cm³/mol. The van der Waals surface area contributed by atoms with Gasteiger partial charge in [0.2, 0.25) is 0 Å². The van der Waals surface area contributed by atoms with Crippen molar-refractivity contribution in [2.75, 3.05) is 6.54 Å². The van der Waals surface area contributed by atoms with Crippen LogP contribution in [-0.2, 0) is 4.79 Å². The normalized spacial score (nSPS) is 32.0. The molecule has 10 heavy (non-hydrogen) atoms. The summed E-state index contributed by atoms with van der Waals surface area (Å²) in [5.74, 6) is 1.09. The van der Waals surface area contributed by atoms with Crippen molar-refractivity contribution in [2.45, 2.75) is 26.8 Å². The molecule has 0 bridgehead atoms. The summed E-state index contributed by atoms with van der Waals surface area (Å²) in [7, 11) is 0. The van der Waals surface area contributed by atoms with E-state index in [2.05, 4.69) is 12.2 Å². The maximum atomic E-state index is 11.3. The van der Waals surface area contributed by atoms with Gasteiger partial charge in [0, 0.05) is 12.5 Å². The zero-order chi connectivity index (χ0) is 7.72. The van der Waals surface area contributed by atoms with Gasteiger partial charge < -0.3 is 5.32 Å². The minimum atomic E-state index is 0.153. The number of rotatable bonds is 2. The van der Waals surface area contributed by atoms with Crippen LogP contribution in [-0.4, -0.2) is 18.4 Å². The molecule has 0 aromatic heterocycles. The van der Waals surface area contributed by atoms with E-state index in [0.717, 1.165) is 6.54 Å². The molecule has 0 amide bonds. The number of hydrogen-bond donors (Lipinski definition) is 1. The fourth-order valence-electron chi connectivity index (χ4n) is 1.21. The van der Waals surface area contributed by atoms with Crippen molar-refractivity contribution in [2.24, 2.45) is 11.8 Å². The first-order valence-electron chi connectivity index (χ1n) is 3.90. The van der Waals surface area contributed by atoms with Crippen molar-refractivity contribution in [1.29, 1.82) is 0 Å². The molecule has 0 aromatic carbocycles. The molecule has 1 N–H and O–H groups in total. The smallest absolute Gasteiger partial charge is 0.152 e. The third kappa shape index (κ3) is 1.21. The van der Waals surface area contributed by atoms with Crippen molar-refractivity contribution < 1.29 is 4.79 Å². The van der Waals surface area contributed by atoms with Crippen LogP contribution in [0.2, 0.25) is 0 Å². The van der Waals surface area contributed by atoms with Gasteiger partial charge in [-0.25, -0.2) is 0 Å². The van der Waals surface area contributed by atoms with Crippen molar-refractivity contribution in [1.82, 2.24) is 5.32 Å². The number of ketones is 1. The molecule has 2 atom stereocenters. The Labute approximate surface area is 62.0 Å². The molecular formula is C8H15NO. The molecule has 0 unspecified atom stereocenters. The molecule has 1 fully saturated rings. The standard InChI is InChI=1S/C8H15NO/c1-5(2)8(10)7-6(3)4-9-7/h5-7,9H,4H2,1-3H3/t6-,7+/m1/s1. The summed E-state index contributed by atoms with van der Waals surface area (Å²) in [6.45, 7) is 7.02. The quantitative estimate of drug-likeness (QED) is 0.617. The molecule has 2 nitrogen and oxygen atoms in total. The second-order valence-electron chi connectivity index (χ2n) is 3.42. The molecule has 0 radical (unpaired) electrons. The number of nitrogens with one attached hydrogen (secondary N) is 1. The van der Waals surface area contributed by atoms with Gasteiger partial charge >= 0.3 is 0 Å². The number of carbonyl (C=O) groups is 1. The highest BCUT2D eigenvalue weighted by Gasteiger charge is 2.33. The van der Waals surface area contributed by atoms with E-state index < -0.39 is 0 Å². The topological polar surface area (TPSA) is 29.1 Å². The lowest BCUT2D eigenvalue weighted by molar-refractivity contribution is -0.127. The van der Waals surface area contributed by atoms with Crippen LogP contribution >= 0.6 is 0 Å². The van der Waals surface area contributed by atoms with Crippen molar-refractivity contribution in [3.8, 4) is 0 Å². The minimum Gasteiger partial charge on any atom is -0.307 e.